The molecule has 0 atom stereocenters. The zero-order valence-electron chi connectivity index (χ0n) is 17.8. The van der Waals surface area contributed by atoms with Crippen LogP contribution in [-0.4, -0.2) is 20.4 Å². The lowest BCUT2D eigenvalue weighted by molar-refractivity contribution is 0.262. The Morgan fingerprint density at radius 3 is 2.39 bits per heavy atom. The maximum atomic E-state index is 12.4. The topological polar surface area (TPSA) is 83.4 Å². The number of rotatable bonds is 6. The number of hydrogen-bond donors (Lipinski definition) is 3. The first-order chi connectivity index (χ1) is 16.2. The summed E-state index contributed by atoms with van der Waals surface area (Å²) in [4.78, 5) is 21.6. The third-order valence-electron chi connectivity index (χ3n) is 5.12. The van der Waals surface area contributed by atoms with Gasteiger partial charge in [-0.25, -0.2) is 14.8 Å². The van der Waals surface area contributed by atoms with Gasteiger partial charge in [-0.2, -0.15) is 0 Å². The van der Waals surface area contributed by atoms with E-state index in [4.69, 9.17) is 4.98 Å². The molecule has 2 heterocycles. The van der Waals surface area contributed by atoms with Crippen LogP contribution in [0.1, 0.15) is 5.56 Å². The highest BCUT2D eigenvalue weighted by Crippen LogP contribution is 2.25. The Morgan fingerprint density at radius 1 is 0.848 bits per heavy atom. The fourth-order valence-electron chi connectivity index (χ4n) is 3.54. The Balaban J connectivity index is 1.38. The average molecular weight is 435 g/mol. The van der Waals surface area contributed by atoms with Crippen molar-refractivity contribution in [3.63, 3.8) is 0 Å². The summed E-state index contributed by atoms with van der Waals surface area (Å²) < 4.78 is 1.94. The van der Waals surface area contributed by atoms with Crippen molar-refractivity contribution in [2.24, 2.45) is 0 Å². The summed E-state index contributed by atoms with van der Waals surface area (Å²) in [7, 11) is 0. The SMILES string of the molecule is O=C(Nc1ccccc1)Nc1cccc(-c2cn3ccnc3c(NCc3ccccc3)n2)c1. The first-order valence-electron chi connectivity index (χ1n) is 10.6. The summed E-state index contributed by atoms with van der Waals surface area (Å²) in [6.45, 7) is 0.640. The molecule has 0 unspecified atom stereocenters. The maximum absolute atomic E-state index is 12.4. The van der Waals surface area contributed by atoms with E-state index in [0.29, 0.717) is 18.1 Å². The minimum Gasteiger partial charge on any atom is -0.363 e. The van der Waals surface area contributed by atoms with Gasteiger partial charge in [0, 0.05) is 42.1 Å². The molecule has 33 heavy (non-hydrogen) atoms. The van der Waals surface area contributed by atoms with Crippen molar-refractivity contribution in [1.29, 1.82) is 0 Å². The van der Waals surface area contributed by atoms with Crippen LogP contribution in [0, 0.1) is 0 Å². The Hall–Kier alpha value is -4.65. The van der Waals surface area contributed by atoms with Crippen molar-refractivity contribution in [1.82, 2.24) is 14.4 Å². The molecule has 0 aliphatic heterocycles. The van der Waals surface area contributed by atoms with E-state index in [-0.39, 0.29) is 6.03 Å². The number of carbonyl (C=O) groups excluding carboxylic acids is 1. The molecule has 0 radical (unpaired) electrons. The van der Waals surface area contributed by atoms with Gasteiger partial charge in [0.1, 0.15) is 0 Å². The standard InChI is InChI=1S/C26H22N6O/c33-26(29-21-11-5-2-6-12-21)30-22-13-7-10-20(16-22)23-18-32-15-14-27-25(32)24(31-23)28-17-19-8-3-1-4-9-19/h1-16,18H,17H2,(H,28,31)(H2,29,30,33). The molecule has 0 aliphatic carbocycles. The fraction of sp³-hybridized carbons (Fsp3) is 0.0385. The molecular weight excluding hydrogens is 412 g/mol. The number of amides is 2. The van der Waals surface area contributed by atoms with Crippen molar-refractivity contribution >= 4 is 28.9 Å². The average Bonchev–Trinajstić information content (AvgIpc) is 3.33. The minimum atomic E-state index is -0.304. The fourth-order valence-corrected chi connectivity index (χ4v) is 3.54. The van der Waals surface area contributed by atoms with Crippen molar-refractivity contribution in [2.75, 3.05) is 16.0 Å². The number of nitrogens with one attached hydrogen (secondary N) is 3. The molecule has 0 bridgehead atoms. The molecule has 0 fully saturated rings. The number of urea groups is 1. The molecule has 3 aromatic carbocycles. The smallest absolute Gasteiger partial charge is 0.323 e. The van der Waals surface area contributed by atoms with Crippen molar-refractivity contribution in [2.45, 2.75) is 6.54 Å². The van der Waals surface area contributed by atoms with Gasteiger partial charge in [0.05, 0.1) is 5.69 Å². The van der Waals surface area contributed by atoms with Crippen LogP contribution in [0.2, 0.25) is 0 Å². The molecule has 2 amide bonds. The number of fused-ring (bicyclic) bond motifs is 1. The number of para-hydroxylation sites is 1. The quantitative estimate of drug-likeness (QED) is 0.322. The predicted molar refractivity (Wildman–Crippen MR) is 131 cm³/mol. The van der Waals surface area contributed by atoms with Crippen LogP contribution in [0.4, 0.5) is 22.0 Å². The largest absolute Gasteiger partial charge is 0.363 e. The van der Waals surface area contributed by atoms with Crippen molar-refractivity contribution < 1.29 is 4.79 Å². The first kappa shape index (κ1) is 20.3. The maximum Gasteiger partial charge on any atom is 0.323 e. The molecule has 5 aromatic rings. The molecule has 7 heteroatoms. The second-order valence-electron chi connectivity index (χ2n) is 7.50. The summed E-state index contributed by atoms with van der Waals surface area (Å²) >= 11 is 0. The molecule has 0 saturated carbocycles. The number of carbonyl (C=O) groups is 1. The molecule has 0 aliphatic rings. The zero-order chi connectivity index (χ0) is 22.5. The van der Waals surface area contributed by atoms with E-state index in [1.54, 1.807) is 6.20 Å². The highest BCUT2D eigenvalue weighted by atomic mass is 16.2. The van der Waals surface area contributed by atoms with Crippen LogP contribution in [-0.2, 0) is 6.54 Å². The van der Waals surface area contributed by atoms with E-state index in [1.165, 1.54) is 0 Å². The van der Waals surface area contributed by atoms with Crippen LogP contribution in [0.5, 0.6) is 0 Å². The molecule has 2 aromatic heterocycles. The molecule has 5 rings (SSSR count). The van der Waals surface area contributed by atoms with E-state index in [1.807, 2.05) is 89.6 Å². The van der Waals surface area contributed by atoms with Gasteiger partial charge in [-0.3, -0.25) is 0 Å². The Labute approximate surface area is 191 Å². The van der Waals surface area contributed by atoms with E-state index in [2.05, 4.69) is 33.1 Å². The van der Waals surface area contributed by atoms with E-state index < -0.39 is 0 Å². The van der Waals surface area contributed by atoms with Gasteiger partial charge in [0.25, 0.3) is 0 Å². The Bertz CT molecular complexity index is 1380. The number of aromatic nitrogens is 3. The number of benzene rings is 3. The van der Waals surface area contributed by atoms with Gasteiger partial charge in [0.15, 0.2) is 11.5 Å². The van der Waals surface area contributed by atoms with Crippen molar-refractivity contribution in [3.05, 3.63) is 109 Å². The summed E-state index contributed by atoms with van der Waals surface area (Å²) in [6, 6.07) is 26.8. The third-order valence-corrected chi connectivity index (χ3v) is 5.12. The molecule has 0 spiro atoms. The normalized spacial score (nSPS) is 10.7. The second kappa shape index (κ2) is 9.23. The van der Waals surface area contributed by atoms with Crippen LogP contribution in [0.3, 0.4) is 0 Å². The lowest BCUT2D eigenvalue weighted by atomic mass is 10.1. The summed E-state index contributed by atoms with van der Waals surface area (Å²) in [5, 5.41) is 9.11. The van der Waals surface area contributed by atoms with Gasteiger partial charge in [-0.15, -0.1) is 0 Å². The van der Waals surface area contributed by atoms with Gasteiger partial charge in [-0.05, 0) is 29.8 Å². The van der Waals surface area contributed by atoms with Gasteiger partial charge < -0.3 is 20.4 Å². The molecular formula is C26H22N6O. The number of imidazole rings is 1. The molecule has 3 N–H and O–H groups in total. The van der Waals surface area contributed by atoms with E-state index in [9.17, 15) is 4.79 Å². The minimum absolute atomic E-state index is 0.304. The van der Waals surface area contributed by atoms with E-state index in [0.717, 1.165) is 28.2 Å². The van der Waals surface area contributed by atoms with Crippen LogP contribution in [0.25, 0.3) is 16.9 Å². The third kappa shape index (κ3) is 4.83. The highest BCUT2D eigenvalue weighted by Gasteiger charge is 2.10. The van der Waals surface area contributed by atoms with E-state index >= 15 is 0 Å². The van der Waals surface area contributed by atoms with Crippen LogP contribution in [0.15, 0.2) is 104 Å². The van der Waals surface area contributed by atoms with Crippen LogP contribution >= 0.6 is 0 Å². The first-order valence-corrected chi connectivity index (χ1v) is 10.6. The molecule has 0 saturated heterocycles. The van der Waals surface area contributed by atoms with Crippen LogP contribution < -0.4 is 16.0 Å². The molecule has 7 nitrogen and oxygen atoms in total. The van der Waals surface area contributed by atoms with Gasteiger partial charge in [-0.1, -0.05) is 60.7 Å². The lowest BCUT2D eigenvalue weighted by Crippen LogP contribution is -2.19. The predicted octanol–water partition coefficient (Wildman–Crippen LogP) is 5.65. The highest BCUT2D eigenvalue weighted by molar-refractivity contribution is 6.00. The Kier molecular flexibility index (Phi) is 5.67. The van der Waals surface area contributed by atoms with Crippen molar-refractivity contribution in [3.8, 4) is 11.3 Å². The summed E-state index contributed by atoms with van der Waals surface area (Å²) in [5.41, 5.74) is 4.96. The second-order valence-corrected chi connectivity index (χ2v) is 7.50. The monoisotopic (exact) mass is 434 g/mol. The Morgan fingerprint density at radius 2 is 1.58 bits per heavy atom. The summed E-state index contributed by atoms with van der Waals surface area (Å²) in [5.74, 6) is 0.696. The lowest BCUT2D eigenvalue weighted by Gasteiger charge is -2.12. The number of nitrogens with zero attached hydrogens (tertiary/aromatic N) is 3. The molecule has 162 valence electrons. The number of anilines is 3. The zero-order valence-corrected chi connectivity index (χ0v) is 17.8. The summed E-state index contributed by atoms with van der Waals surface area (Å²) in [6.07, 6.45) is 5.57. The van der Waals surface area contributed by atoms with Gasteiger partial charge in [0.2, 0.25) is 0 Å². The number of hydrogen-bond acceptors (Lipinski definition) is 4. The van der Waals surface area contributed by atoms with Gasteiger partial charge >= 0.3 is 6.03 Å².